The summed E-state index contributed by atoms with van der Waals surface area (Å²) >= 11 is 0. The molecule has 1 N–H and O–H groups in total. The van der Waals surface area contributed by atoms with E-state index < -0.39 is 0 Å². The first-order valence-electron chi connectivity index (χ1n) is 6.67. The molecule has 2 rings (SSSR count). The summed E-state index contributed by atoms with van der Waals surface area (Å²) in [4.78, 5) is 0. The summed E-state index contributed by atoms with van der Waals surface area (Å²) in [5, 5.41) is 3.40. The molecule has 1 fully saturated rings. The van der Waals surface area contributed by atoms with Gasteiger partial charge in [0.25, 0.3) is 0 Å². The van der Waals surface area contributed by atoms with E-state index in [-0.39, 0.29) is 0 Å². The first kappa shape index (κ1) is 13.2. The van der Waals surface area contributed by atoms with E-state index in [1.807, 2.05) is 6.07 Å². The van der Waals surface area contributed by atoms with Gasteiger partial charge >= 0.3 is 0 Å². The first-order chi connectivity index (χ1) is 8.78. The lowest BCUT2D eigenvalue weighted by molar-refractivity contribution is 0.345. The van der Waals surface area contributed by atoms with Gasteiger partial charge in [0.05, 0.1) is 14.2 Å². The fourth-order valence-electron chi connectivity index (χ4n) is 2.86. The van der Waals surface area contributed by atoms with Gasteiger partial charge in [-0.2, -0.15) is 0 Å². The van der Waals surface area contributed by atoms with Gasteiger partial charge < -0.3 is 14.8 Å². The van der Waals surface area contributed by atoms with Crippen molar-refractivity contribution in [2.75, 3.05) is 21.3 Å². The number of benzene rings is 1. The molecule has 0 saturated heterocycles. The Morgan fingerprint density at radius 1 is 1.11 bits per heavy atom. The van der Waals surface area contributed by atoms with Crippen LogP contribution in [0.4, 0.5) is 0 Å². The molecule has 1 aliphatic rings. The van der Waals surface area contributed by atoms with Crippen LogP contribution in [-0.4, -0.2) is 27.3 Å². The molecular formula is C15H23NO2. The average molecular weight is 249 g/mol. The van der Waals surface area contributed by atoms with Crippen LogP contribution in [0, 0.1) is 0 Å². The maximum atomic E-state index is 5.38. The van der Waals surface area contributed by atoms with Crippen LogP contribution in [0.1, 0.15) is 37.2 Å². The Balaban J connectivity index is 2.17. The number of hydrogen-bond acceptors (Lipinski definition) is 3. The molecule has 2 unspecified atom stereocenters. The van der Waals surface area contributed by atoms with E-state index in [0.29, 0.717) is 12.0 Å². The normalized spacial score (nSPS) is 23.7. The molecule has 100 valence electrons. The highest BCUT2D eigenvalue weighted by molar-refractivity contribution is 5.44. The third-order valence-corrected chi connectivity index (χ3v) is 3.96. The van der Waals surface area contributed by atoms with Gasteiger partial charge in [0, 0.05) is 6.04 Å². The fourth-order valence-corrected chi connectivity index (χ4v) is 2.86. The van der Waals surface area contributed by atoms with E-state index in [1.54, 1.807) is 14.2 Å². The highest BCUT2D eigenvalue weighted by Crippen LogP contribution is 2.37. The Bertz CT molecular complexity index is 392. The van der Waals surface area contributed by atoms with Gasteiger partial charge in [0.15, 0.2) is 11.5 Å². The van der Waals surface area contributed by atoms with Crippen molar-refractivity contribution < 1.29 is 9.47 Å². The summed E-state index contributed by atoms with van der Waals surface area (Å²) in [6.07, 6.45) is 5.07. The average Bonchev–Trinajstić information content (AvgIpc) is 2.46. The molecule has 0 amide bonds. The van der Waals surface area contributed by atoms with E-state index in [0.717, 1.165) is 11.5 Å². The van der Waals surface area contributed by atoms with E-state index in [9.17, 15) is 0 Å². The van der Waals surface area contributed by atoms with Crippen LogP contribution in [0.25, 0.3) is 0 Å². The van der Waals surface area contributed by atoms with Crippen molar-refractivity contribution in [3.8, 4) is 11.5 Å². The summed E-state index contributed by atoms with van der Waals surface area (Å²) in [7, 11) is 5.43. The minimum absolute atomic E-state index is 0.635. The first-order valence-corrected chi connectivity index (χ1v) is 6.67. The van der Waals surface area contributed by atoms with Crippen molar-refractivity contribution in [1.82, 2.24) is 5.32 Å². The second-order valence-electron chi connectivity index (χ2n) is 4.96. The van der Waals surface area contributed by atoms with Crippen LogP contribution >= 0.6 is 0 Å². The van der Waals surface area contributed by atoms with Crippen molar-refractivity contribution in [3.05, 3.63) is 23.8 Å². The number of ether oxygens (including phenoxy) is 2. The van der Waals surface area contributed by atoms with Gasteiger partial charge in [-0.15, -0.1) is 0 Å². The quantitative estimate of drug-likeness (QED) is 0.890. The Morgan fingerprint density at radius 3 is 2.56 bits per heavy atom. The van der Waals surface area contributed by atoms with Crippen LogP contribution in [0.15, 0.2) is 18.2 Å². The molecule has 0 aromatic heterocycles. The van der Waals surface area contributed by atoms with Gasteiger partial charge in [-0.05, 0) is 49.9 Å². The van der Waals surface area contributed by atoms with E-state index in [1.165, 1.54) is 31.2 Å². The molecule has 1 saturated carbocycles. The minimum atomic E-state index is 0.635. The Kier molecular flexibility index (Phi) is 4.48. The molecule has 18 heavy (non-hydrogen) atoms. The number of hydrogen-bond donors (Lipinski definition) is 1. The van der Waals surface area contributed by atoms with Crippen molar-refractivity contribution in [2.24, 2.45) is 0 Å². The monoisotopic (exact) mass is 249 g/mol. The van der Waals surface area contributed by atoms with Crippen molar-refractivity contribution in [2.45, 2.75) is 37.6 Å². The molecule has 1 aromatic rings. The van der Waals surface area contributed by atoms with E-state index in [4.69, 9.17) is 9.47 Å². The van der Waals surface area contributed by atoms with E-state index in [2.05, 4.69) is 24.5 Å². The molecule has 0 heterocycles. The van der Waals surface area contributed by atoms with Crippen LogP contribution in [0.2, 0.25) is 0 Å². The summed E-state index contributed by atoms with van der Waals surface area (Å²) in [5.41, 5.74) is 1.37. The third-order valence-electron chi connectivity index (χ3n) is 3.96. The number of rotatable bonds is 4. The molecule has 1 aliphatic carbocycles. The second-order valence-corrected chi connectivity index (χ2v) is 4.96. The Hall–Kier alpha value is -1.22. The smallest absolute Gasteiger partial charge is 0.160 e. The molecule has 0 bridgehead atoms. The highest BCUT2D eigenvalue weighted by Gasteiger charge is 2.22. The van der Waals surface area contributed by atoms with Crippen LogP contribution in [-0.2, 0) is 0 Å². The predicted molar refractivity (Wildman–Crippen MR) is 73.6 cm³/mol. The maximum absolute atomic E-state index is 5.38. The third kappa shape index (κ3) is 2.78. The lowest BCUT2D eigenvalue weighted by Crippen LogP contribution is -2.30. The van der Waals surface area contributed by atoms with Gasteiger partial charge in [-0.1, -0.05) is 12.5 Å². The lowest BCUT2D eigenvalue weighted by atomic mass is 9.81. The Morgan fingerprint density at radius 2 is 1.89 bits per heavy atom. The topological polar surface area (TPSA) is 30.5 Å². The standard InChI is InChI=1S/C15H23NO2/c1-16-13-6-4-5-11(9-13)12-7-8-14(17-2)15(10-12)18-3/h7-8,10-11,13,16H,4-6,9H2,1-3H3. The molecule has 0 aliphatic heterocycles. The lowest BCUT2D eigenvalue weighted by Gasteiger charge is -2.29. The molecule has 0 spiro atoms. The van der Waals surface area contributed by atoms with Gasteiger partial charge in [0.1, 0.15) is 0 Å². The summed E-state index contributed by atoms with van der Waals surface area (Å²) in [6.45, 7) is 0. The molecule has 3 nitrogen and oxygen atoms in total. The minimum Gasteiger partial charge on any atom is -0.493 e. The van der Waals surface area contributed by atoms with Gasteiger partial charge in [-0.3, -0.25) is 0 Å². The number of methoxy groups -OCH3 is 2. The zero-order valence-corrected chi connectivity index (χ0v) is 11.5. The molecule has 0 radical (unpaired) electrons. The van der Waals surface area contributed by atoms with E-state index >= 15 is 0 Å². The van der Waals surface area contributed by atoms with Crippen LogP contribution in [0.3, 0.4) is 0 Å². The summed E-state index contributed by atoms with van der Waals surface area (Å²) < 4.78 is 10.7. The van der Waals surface area contributed by atoms with Crippen LogP contribution in [0.5, 0.6) is 11.5 Å². The highest BCUT2D eigenvalue weighted by atomic mass is 16.5. The molecule has 2 atom stereocenters. The summed E-state index contributed by atoms with van der Waals surface area (Å²) in [6, 6.07) is 6.96. The second kappa shape index (κ2) is 6.10. The zero-order chi connectivity index (χ0) is 13.0. The molecule has 1 aromatic carbocycles. The van der Waals surface area contributed by atoms with Gasteiger partial charge in [0.2, 0.25) is 0 Å². The van der Waals surface area contributed by atoms with Crippen molar-refractivity contribution in [1.29, 1.82) is 0 Å². The van der Waals surface area contributed by atoms with Crippen molar-refractivity contribution >= 4 is 0 Å². The van der Waals surface area contributed by atoms with Crippen LogP contribution < -0.4 is 14.8 Å². The zero-order valence-electron chi connectivity index (χ0n) is 11.5. The largest absolute Gasteiger partial charge is 0.493 e. The predicted octanol–water partition coefficient (Wildman–Crippen LogP) is 2.95. The molecular weight excluding hydrogens is 226 g/mol. The summed E-state index contributed by atoms with van der Waals surface area (Å²) in [5.74, 6) is 2.28. The molecule has 3 heteroatoms. The SMILES string of the molecule is CNC1CCCC(c2ccc(OC)c(OC)c2)C1. The fraction of sp³-hybridized carbons (Fsp3) is 0.600. The Labute approximate surface area is 109 Å². The van der Waals surface area contributed by atoms with Gasteiger partial charge in [-0.25, -0.2) is 0 Å². The van der Waals surface area contributed by atoms with Crippen molar-refractivity contribution in [3.63, 3.8) is 0 Å². The number of nitrogens with one attached hydrogen (secondary N) is 1. The maximum Gasteiger partial charge on any atom is 0.160 e.